The van der Waals surface area contributed by atoms with E-state index in [9.17, 15) is 13.6 Å². The third kappa shape index (κ3) is 5.70. The molecule has 37 heavy (non-hydrogen) atoms. The highest BCUT2D eigenvalue weighted by atomic mass is 19.2. The predicted molar refractivity (Wildman–Crippen MR) is 140 cm³/mol. The van der Waals surface area contributed by atoms with Gasteiger partial charge in [-0.15, -0.1) is 0 Å². The Labute approximate surface area is 214 Å². The lowest BCUT2D eigenvalue weighted by Crippen LogP contribution is -2.17. The number of aryl methyl sites for hydroxylation is 2. The van der Waals surface area contributed by atoms with E-state index in [0.29, 0.717) is 17.8 Å². The van der Waals surface area contributed by atoms with Gasteiger partial charge >= 0.3 is 0 Å². The molecule has 0 saturated heterocycles. The van der Waals surface area contributed by atoms with Gasteiger partial charge in [0.15, 0.2) is 11.6 Å². The Morgan fingerprint density at radius 3 is 2.68 bits per heavy atom. The molecule has 6 nitrogen and oxygen atoms in total. The van der Waals surface area contributed by atoms with Gasteiger partial charge in [0, 0.05) is 48.1 Å². The van der Waals surface area contributed by atoms with E-state index in [2.05, 4.69) is 14.9 Å². The van der Waals surface area contributed by atoms with Crippen LogP contribution in [0.1, 0.15) is 45.9 Å². The van der Waals surface area contributed by atoms with Gasteiger partial charge in [0.1, 0.15) is 0 Å². The molecule has 190 valence electrons. The smallest absolute Gasteiger partial charge is 0.249 e. The summed E-state index contributed by atoms with van der Waals surface area (Å²) in [5.41, 5.74) is 17.2. The number of halogens is 2. The highest BCUT2D eigenvalue weighted by molar-refractivity contribution is 6.01. The number of hydrogen-bond donors (Lipinski definition) is 3. The van der Waals surface area contributed by atoms with Crippen LogP contribution in [0.25, 0.3) is 11.1 Å². The second kappa shape index (κ2) is 10.5. The number of hydrogen-bond acceptors (Lipinski definition) is 4. The van der Waals surface area contributed by atoms with Gasteiger partial charge in [-0.3, -0.25) is 4.79 Å². The van der Waals surface area contributed by atoms with Crippen molar-refractivity contribution in [3.05, 3.63) is 107 Å². The molecular formula is C29H29F2N5O. The van der Waals surface area contributed by atoms with Crippen LogP contribution in [0.4, 0.5) is 14.5 Å². The van der Waals surface area contributed by atoms with Crippen LogP contribution >= 0.6 is 0 Å². The van der Waals surface area contributed by atoms with E-state index in [-0.39, 0.29) is 12.0 Å². The third-order valence-corrected chi connectivity index (χ3v) is 6.88. The first-order valence-electron chi connectivity index (χ1n) is 12.4. The molecule has 5 rings (SSSR count). The highest BCUT2D eigenvalue weighted by Gasteiger charge is 2.38. The number of nitrogens with zero attached hydrogens (tertiary/aromatic N) is 2. The van der Waals surface area contributed by atoms with E-state index < -0.39 is 17.5 Å². The highest BCUT2D eigenvalue weighted by Crippen LogP contribution is 2.41. The molecule has 0 spiro atoms. The van der Waals surface area contributed by atoms with Crippen LogP contribution in [0.15, 0.2) is 73.2 Å². The van der Waals surface area contributed by atoms with Crippen molar-refractivity contribution in [2.45, 2.75) is 44.3 Å². The number of carbonyl (C=O) groups excluding carboxylic acids is 1. The first-order valence-corrected chi connectivity index (χ1v) is 12.4. The normalized spacial score (nSPS) is 16.6. The first kappa shape index (κ1) is 24.6. The Hall–Kier alpha value is -4.04. The minimum absolute atomic E-state index is 0.203. The number of anilines is 1. The first-order chi connectivity index (χ1) is 17.9. The Morgan fingerprint density at radius 2 is 1.89 bits per heavy atom. The number of carbonyl (C=O) groups is 1. The number of nitrogens with one attached hydrogen (secondary N) is 1. The van der Waals surface area contributed by atoms with Crippen molar-refractivity contribution in [1.82, 2.24) is 14.9 Å². The maximum atomic E-state index is 13.5. The molecule has 1 fully saturated rings. The number of para-hydroxylation sites is 1. The summed E-state index contributed by atoms with van der Waals surface area (Å²) < 4.78 is 28.7. The summed E-state index contributed by atoms with van der Waals surface area (Å²) in [6.07, 6.45) is 6.46. The molecule has 0 aliphatic heterocycles. The number of rotatable bonds is 10. The van der Waals surface area contributed by atoms with Gasteiger partial charge in [-0.05, 0) is 60.2 Å². The molecule has 1 amide bonds. The molecule has 1 aliphatic rings. The summed E-state index contributed by atoms with van der Waals surface area (Å²) in [5.74, 6) is -1.89. The zero-order chi connectivity index (χ0) is 25.9. The van der Waals surface area contributed by atoms with Gasteiger partial charge in [0.25, 0.3) is 0 Å². The summed E-state index contributed by atoms with van der Waals surface area (Å²) >= 11 is 0. The average Bonchev–Trinajstić information content (AvgIpc) is 3.53. The molecule has 1 aliphatic carbocycles. The van der Waals surface area contributed by atoms with Crippen LogP contribution in [0.2, 0.25) is 0 Å². The molecule has 2 unspecified atom stereocenters. The van der Waals surface area contributed by atoms with Gasteiger partial charge in [-0.25, -0.2) is 13.8 Å². The molecular weight excluding hydrogens is 472 g/mol. The molecule has 0 bridgehead atoms. The van der Waals surface area contributed by atoms with Crippen molar-refractivity contribution >= 4 is 11.6 Å². The Bertz CT molecular complexity index is 1430. The number of benzene rings is 3. The van der Waals surface area contributed by atoms with E-state index in [1.807, 2.05) is 48.9 Å². The number of nitrogens with two attached hydrogens (primary N) is 2. The molecule has 1 heterocycles. The van der Waals surface area contributed by atoms with Crippen molar-refractivity contribution in [1.29, 1.82) is 0 Å². The standard InChI is InChI=1S/C29H29F2N5O/c30-25-10-8-19(13-26(25)31)23-14-28(23)34-15-20-16-36(17-35-20)11-3-4-18-7-9-22(29(33)37)24(12-18)21-5-1-2-6-27(21)32/h1-2,5-10,12-13,16-17,23,28,34H,3-4,11,14-15,32H2,(H2,33,37). The third-order valence-electron chi connectivity index (χ3n) is 6.88. The average molecular weight is 502 g/mol. The quantitative estimate of drug-likeness (QED) is 0.272. The van der Waals surface area contributed by atoms with Gasteiger partial charge < -0.3 is 21.4 Å². The van der Waals surface area contributed by atoms with E-state index in [1.54, 1.807) is 12.1 Å². The van der Waals surface area contributed by atoms with Crippen LogP contribution in [0.5, 0.6) is 0 Å². The lowest BCUT2D eigenvalue weighted by molar-refractivity contribution is 0.100. The molecule has 0 radical (unpaired) electrons. The van der Waals surface area contributed by atoms with E-state index in [1.165, 1.54) is 12.1 Å². The van der Waals surface area contributed by atoms with Crippen LogP contribution in [0, 0.1) is 11.6 Å². The second-order valence-corrected chi connectivity index (χ2v) is 9.54. The lowest BCUT2D eigenvalue weighted by atomic mass is 9.94. The molecule has 4 aromatic rings. The number of nitrogen functional groups attached to an aromatic ring is 1. The van der Waals surface area contributed by atoms with Crippen molar-refractivity contribution in [3.8, 4) is 11.1 Å². The molecule has 1 saturated carbocycles. The monoisotopic (exact) mass is 501 g/mol. The van der Waals surface area contributed by atoms with Gasteiger partial charge in [0.05, 0.1) is 12.0 Å². The predicted octanol–water partition coefficient (Wildman–Crippen LogP) is 4.79. The largest absolute Gasteiger partial charge is 0.398 e. The SMILES string of the molecule is NC(=O)c1ccc(CCCn2cnc(CNC3CC3c3ccc(F)c(F)c3)c2)cc1-c1ccccc1N. The summed E-state index contributed by atoms with van der Waals surface area (Å²) in [6.45, 7) is 1.42. The summed E-state index contributed by atoms with van der Waals surface area (Å²) in [7, 11) is 0. The molecule has 3 aromatic carbocycles. The summed E-state index contributed by atoms with van der Waals surface area (Å²) in [5, 5.41) is 3.45. The minimum Gasteiger partial charge on any atom is -0.398 e. The van der Waals surface area contributed by atoms with Crippen molar-refractivity contribution < 1.29 is 13.6 Å². The minimum atomic E-state index is -0.816. The maximum Gasteiger partial charge on any atom is 0.249 e. The van der Waals surface area contributed by atoms with Gasteiger partial charge in [0.2, 0.25) is 5.91 Å². The zero-order valence-electron chi connectivity index (χ0n) is 20.3. The molecule has 1 aromatic heterocycles. The molecule has 5 N–H and O–H groups in total. The fraction of sp³-hybridized carbons (Fsp3) is 0.241. The number of imidazole rings is 1. The van der Waals surface area contributed by atoms with Crippen LogP contribution in [-0.2, 0) is 19.5 Å². The fourth-order valence-corrected chi connectivity index (χ4v) is 4.78. The van der Waals surface area contributed by atoms with E-state index >= 15 is 0 Å². The lowest BCUT2D eigenvalue weighted by Gasteiger charge is -2.12. The Kier molecular flexibility index (Phi) is 7.01. The topological polar surface area (TPSA) is 99.0 Å². The Morgan fingerprint density at radius 1 is 1.05 bits per heavy atom. The number of amides is 1. The van der Waals surface area contributed by atoms with Crippen LogP contribution in [-0.4, -0.2) is 21.5 Å². The molecule has 8 heteroatoms. The second-order valence-electron chi connectivity index (χ2n) is 9.54. The Balaban J connectivity index is 1.14. The number of aromatic nitrogens is 2. The number of primary amides is 1. The van der Waals surface area contributed by atoms with Crippen LogP contribution < -0.4 is 16.8 Å². The van der Waals surface area contributed by atoms with Crippen LogP contribution in [0.3, 0.4) is 0 Å². The molecule has 2 atom stereocenters. The van der Waals surface area contributed by atoms with E-state index in [4.69, 9.17) is 11.5 Å². The fourth-order valence-electron chi connectivity index (χ4n) is 4.78. The maximum absolute atomic E-state index is 13.5. The van der Waals surface area contributed by atoms with Crippen molar-refractivity contribution in [3.63, 3.8) is 0 Å². The van der Waals surface area contributed by atoms with Gasteiger partial charge in [-0.1, -0.05) is 36.4 Å². The summed E-state index contributed by atoms with van der Waals surface area (Å²) in [6, 6.07) is 17.5. The van der Waals surface area contributed by atoms with Crippen molar-refractivity contribution in [2.24, 2.45) is 5.73 Å². The van der Waals surface area contributed by atoms with Crippen molar-refractivity contribution in [2.75, 3.05) is 5.73 Å². The van der Waals surface area contributed by atoms with E-state index in [0.717, 1.165) is 53.8 Å². The zero-order valence-corrected chi connectivity index (χ0v) is 20.3. The summed E-state index contributed by atoms with van der Waals surface area (Å²) in [4.78, 5) is 16.5. The van der Waals surface area contributed by atoms with Gasteiger partial charge in [-0.2, -0.15) is 0 Å².